The number of hydrogen-bond acceptors (Lipinski definition) is 9. The van der Waals surface area contributed by atoms with Gasteiger partial charge in [-0.15, -0.1) is 0 Å². The molecule has 2 aliphatic heterocycles. The van der Waals surface area contributed by atoms with Crippen molar-refractivity contribution in [3.05, 3.63) is 36.7 Å². The van der Waals surface area contributed by atoms with Crippen molar-refractivity contribution < 1.29 is 14.3 Å². The molecular weight excluding hydrogens is 462 g/mol. The molecular formula is C24H33N9O3. The van der Waals surface area contributed by atoms with Gasteiger partial charge in [0, 0.05) is 31.9 Å². The minimum Gasteiger partial charge on any atom is -0.447 e. The molecule has 2 aromatic rings. The lowest BCUT2D eigenvalue weighted by molar-refractivity contribution is -0.130. The maximum atomic E-state index is 12.4. The summed E-state index contributed by atoms with van der Waals surface area (Å²) in [4.78, 5) is 48.0. The van der Waals surface area contributed by atoms with Crippen molar-refractivity contribution in [3.8, 4) is 0 Å². The molecule has 0 radical (unpaired) electrons. The lowest BCUT2D eigenvalue weighted by Crippen LogP contribution is -2.53. The maximum Gasteiger partial charge on any atom is 0.417 e. The molecule has 3 aliphatic rings. The normalized spacial score (nSPS) is 23.5. The van der Waals surface area contributed by atoms with Gasteiger partial charge in [-0.05, 0) is 45.6 Å². The van der Waals surface area contributed by atoms with E-state index in [2.05, 4.69) is 43.7 Å². The minimum atomic E-state index is -0.403. The van der Waals surface area contributed by atoms with Gasteiger partial charge < -0.3 is 19.5 Å². The summed E-state index contributed by atoms with van der Waals surface area (Å²) in [6, 6.07) is -0.0482. The van der Waals surface area contributed by atoms with Crippen LogP contribution >= 0.6 is 0 Å². The molecule has 3 fully saturated rings. The number of anilines is 2. The van der Waals surface area contributed by atoms with E-state index in [0.717, 1.165) is 31.6 Å². The molecule has 2 saturated heterocycles. The third-order valence-electron chi connectivity index (χ3n) is 7.00. The first-order chi connectivity index (χ1) is 17.3. The minimum absolute atomic E-state index is 0.0141. The fraction of sp³-hybridized carbons (Fsp3) is 0.583. The summed E-state index contributed by atoms with van der Waals surface area (Å²) in [5, 5.41) is 3.30. The van der Waals surface area contributed by atoms with Crippen LogP contribution in [0.15, 0.2) is 25.2 Å². The van der Waals surface area contributed by atoms with Crippen LogP contribution < -0.4 is 10.2 Å². The highest BCUT2D eigenvalue weighted by molar-refractivity contribution is 5.88. The first-order valence-electron chi connectivity index (χ1n) is 12.4. The van der Waals surface area contributed by atoms with E-state index in [0.29, 0.717) is 43.5 Å². The van der Waals surface area contributed by atoms with Crippen LogP contribution in [0.25, 0.3) is 0 Å². The van der Waals surface area contributed by atoms with Crippen molar-refractivity contribution in [2.24, 2.45) is 5.92 Å². The van der Waals surface area contributed by atoms with E-state index in [1.54, 1.807) is 11.8 Å². The molecule has 2 amide bonds. The number of carbonyl (C=O) groups is 2. The first kappa shape index (κ1) is 24.2. The van der Waals surface area contributed by atoms with Crippen molar-refractivity contribution in [2.75, 3.05) is 36.5 Å². The Labute approximate surface area is 210 Å². The van der Waals surface area contributed by atoms with Gasteiger partial charge in [0.15, 0.2) is 0 Å². The summed E-state index contributed by atoms with van der Waals surface area (Å²) < 4.78 is 7.32. The quantitative estimate of drug-likeness (QED) is 0.548. The number of ether oxygens (including phenoxy) is 1. The fourth-order valence-electron chi connectivity index (χ4n) is 4.92. The Morgan fingerprint density at radius 1 is 1.31 bits per heavy atom. The van der Waals surface area contributed by atoms with Crippen LogP contribution in [0.1, 0.15) is 44.2 Å². The smallest absolute Gasteiger partial charge is 0.417 e. The lowest BCUT2D eigenvalue weighted by atomic mass is 10.2. The van der Waals surface area contributed by atoms with Crippen LogP contribution in [-0.4, -0.2) is 84.6 Å². The molecule has 5 rings (SSSR count). The average molecular weight is 496 g/mol. The molecule has 12 heteroatoms. The topological polar surface area (TPSA) is 122 Å². The van der Waals surface area contributed by atoms with Crippen molar-refractivity contribution in [1.29, 1.82) is 0 Å². The highest BCUT2D eigenvalue weighted by Gasteiger charge is 2.45. The van der Waals surface area contributed by atoms with Gasteiger partial charge in [-0.3, -0.25) is 9.69 Å². The van der Waals surface area contributed by atoms with Crippen molar-refractivity contribution >= 4 is 23.9 Å². The summed E-state index contributed by atoms with van der Waals surface area (Å²) >= 11 is 0. The molecule has 192 valence electrons. The first-order valence-corrected chi connectivity index (χ1v) is 12.4. The highest BCUT2D eigenvalue weighted by Crippen LogP contribution is 2.39. The molecule has 0 bridgehead atoms. The Balaban J connectivity index is 1.22. The van der Waals surface area contributed by atoms with E-state index in [1.807, 2.05) is 28.9 Å². The fourth-order valence-corrected chi connectivity index (χ4v) is 4.92. The third-order valence-corrected chi connectivity index (χ3v) is 7.00. The van der Waals surface area contributed by atoms with Crippen LogP contribution in [0.2, 0.25) is 0 Å². The molecule has 2 aromatic heterocycles. The number of nitrogens with one attached hydrogen (secondary N) is 1. The Morgan fingerprint density at radius 3 is 2.83 bits per heavy atom. The number of hydrogen-bond donors (Lipinski definition) is 1. The van der Waals surface area contributed by atoms with Crippen molar-refractivity contribution in [1.82, 2.24) is 34.3 Å². The molecule has 0 spiro atoms. The van der Waals surface area contributed by atoms with Gasteiger partial charge >= 0.3 is 6.09 Å². The maximum absolute atomic E-state index is 12.4. The Morgan fingerprint density at radius 2 is 2.11 bits per heavy atom. The largest absolute Gasteiger partial charge is 0.447 e. The highest BCUT2D eigenvalue weighted by atomic mass is 16.6. The molecule has 1 aliphatic carbocycles. The molecule has 0 unspecified atom stereocenters. The number of aromatic nitrogens is 5. The van der Waals surface area contributed by atoms with Gasteiger partial charge in [0.25, 0.3) is 0 Å². The van der Waals surface area contributed by atoms with Gasteiger partial charge in [-0.25, -0.2) is 14.7 Å². The number of rotatable bonds is 8. The third kappa shape index (κ3) is 5.03. The predicted molar refractivity (Wildman–Crippen MR) is 132 cm³/mol. The number of aryl methyl sites for hydroxylation is 1. The molecule has 3 atom stereocenters. The van der Waals surface area contributed by atoms with Gasteiger partial charge in [0.05, 0.1) is 30.8 Å². The van der Waals surface area contributed by atoms with Crippen LogP contribution in [0.3, 0.4) is 0 Å². The van der Waals surface area contributed by atoms with Gasteiger partial charge in [0.2, 0.25) is 17.8 Å². The summed E-state index contributed by atoms with van der Waals surface area (Å²) in [5.41, 5.74) is 0.847. The zero-order valence-corrected chi connectivity index (χ0v) is 21.0. The van der Waals surface area contributed by atoms with Crippen LogP contribution in [0.5, 0.6) is 0 Å². The zero-order valence-electron chi connectivity index (χ0n) is 21.0. The van der Waals surface area contributed by atoms with E-state index >= 15 is 0 Å². The molecule has 12 nitrogen and oxygen atoms in total. The zero-order chi connectivity index (χ0) is 25.4. The van der Waals surface area contributed by atoms with Crippen molar-refractivity contribution in [2.45, 2.75) is 58.4 Å². The molecule has 36 heavy (non-hydrogen) atoms. The molecule has 1 saturated carbocycles. The van der Waals surface area contributed by atoms with Crippen LogP contribution in [0.4, 0.5) is 16.7 Å². The number of carbonyl (C=O) groups excluding carboxylic acids is 2. The van der Waals surface area contributed by atoms with E-state index in [9.17, 15) is 9.59 Å². The second-order valence-corrected chi connectivity index (χ2v) is 9.84. The Kier molecular flexibility index (Phi) is 6.61. The van der Waals surface area contributed by atoms with Gasteiger partial charge in [-0.2, -0.15) is 15.0 Å². The van der Waals surface area contributed by atoms with E-state index in [-0.39, 0.29) is 24.0 Å². The predicted octanol–water partition coefficient (Wildman–Crippen LogP) is 1.96. The van der Waals surface area contributed by atoms with E-state index in [4.69, 9.17) is 4.74 Å². The number of cyclic esters (lactones) is 1. The number of amides is 2. The second kappa shape index (κ2) is 9.84. The van der Waals surface area contributed by atoms with Crippen LogP contribution in [-0.2, 0) is 16.2 Å². The molecule has 1 N–H and O–H groups in total. The summed E-state index contributed by atoms with van der Waals surface area (Å²) in [6.07, 6.45) is 6.97. The van der Waals surface area contributed by atoms with E-state index in [1.165, 1.54) is 6.08 Å². The summed E-state index contributed by atoms with van der Waals surface area (Å²) in [7, 11) is 0. The Bertz CT molecular complexity index is 1150. The number of imidazole rings is 1. The molecule has 0 aromatic carbocycles. The average Bonchev–Trinajstić information content (AvgIpc) is 3.45. The van der Waals surface area contributed by atoms with Gasteiger partial charge in [0.1, 0.15) is 12.4 Å². The number of nitrogens with zero attached hydrogens (tertiary/aromatic N) is 8. The summed E-state index contributed by atoms with van der Waals surface area (Å²) in [5.74, 6) is 1.67. The van der Waals surface area contributed by atoms with E-state index < -0.39 is 6.09 Å². The monoisotopic (exact) mass is 495 g/mol. The summed E-state index contributed by atoms with van der Waals surface area (Å²) in [6.45, 7) is 12.7. The lowest BCUT2D eigenvalue weighted by Gasteiger charge is -2.39. The molecule has 4 heterocycles. The SMILES string of the molecule is C=CC(=O)N1CCN(Cn2cnc([C@H](C)Nc3nc(C)nc(N4C(=O)OC[C@@H]4C4CC4)n3)c2)C[C@@H]1C. The van der Waals surface area contributed by atoms with Crippen LogP contribution in [0, 0.1) is 12.8 Å². The van der Waals surface area contributed by atoms with Gasteiger partial charge in [-0.1, -0.05) is 6.58 Å². The Hall–Kier alpha value is -3.54. The standard InChI is InChI=1S/C24H33N9O3/c1-5-21(34)32-9-8-30(10-15(32)2)14-31-11-19(25-13-31)16(3)26-22-27-17(4)28-23(29-22)33-20(18-6-7-18)12-36-24(33)35/h5,11,13,15-16,18,20H,1,6-10,12,14H2,2-4H3,(H,26,27,28,29)/t15-,16-,20+/m0/s1. The second-order valence-electron chi connectivity index (χ2n) is 9.84. The number of piperazine rings is 1. The van der Waals surface area contributed by atoms with Crippen molar-refractivity contribution in [3.63, 3.8) is 0 Å².